The second-order valence-electron chi connectivity index (χ2n) is 4.28. The number of benzene rings is 2. The Morgan fingerprint density at radius 1 is 1.17 bits per heavy atom. The minimum atomic E-state index is -0.528. The minimum absolute atomic E-state index is 0.111. The van der Waals surface area contributed by atoms with Crippen molar-refractivity contribution in [2.45, 2.75) is 0 Å². The first-order valence-electron chi connectivity index (χ1n) is 5.99. The first-order valence-corrected chi connectivity index (χ1v) is 8.34. The van der Waals surface area contributed by atoms with Crippen molar-refractivity contribution < 1.29 is 15.0 Å². The van der Waals surface area contributed by atoms with Gasteiger partial charge >= 0.3 is 0 Å². The zero-order valence-electron chi connectivity index (χ0n) is 11.1. The van der Waals surface area contributed by atoms with E-state index in [4.69, 9.17) is 23.2 Å². The number of carbonyl (C=O) groups is 1. The average Bonchev–Trinajstić information content (AvgIpc) is 2.50. The Morgan fingerprint density at radius 2 is 1.87 bits per heavy atom. The van der Waals surface area contributed by atoms with Crippen LogP contribution in [0.1, 0.15) is 15.9 Å². The van der Waals surface area contributed by atoms with Crippen LogP contribution < -0.4 is 5.43 Å². The molecule has 5 nitrogen and oxygen atoms in total. The maximum absolute atomic E-state index is 12.0. The van der Waals surface area contributed by atoms with Crippen molar-refractivity contribution in [2.75, 3.05) is 0 Å². The number of amides is 1. The molecule has 0 atom stereocenters. The van der Waals surface area contributed by atoms with Gasteiger partial charge < -0.3 is 10.2 Å². The van der Waals surface area contributed by atoms with Gasteiger partial charge in [-0.1, -0.05) is 23.2 Å². The molecule has 0 heterocycles. The molecule has 0 fully saturated rings. The van der Waals surface area contributed by atoms with Gasteiger partial charge in [0.05, 0.1) is 21.3 Å². The van der Waals surface area contributed by atoms with Gasteiger partial charge in [0.25, 0.3) is 5.91 Å². The molecule has 0 radical (unpaired) electrons. The second-order valence-corrected chi connectivity index (χ2v) is 6.77. The number of aromatic hydroxyl groups is 2. The van der Waals surface area contributed by atoms with Crippen LogP contribution in [-0.2, 0) is 0 Å². The largest absolute Gasteiger partial charge is 0.506 e. The molecular formula is C14H8Br2Cl2N2O3. The van der Waals surface area contributed by atoms with Gasteiger partial charge in [-0.25, -0.2) is 5.43 Å². The Morgan fingerprint density at radius 3 is 2.52 bits per heavy atom. The van der Waals surface area contributed by atoms with Crippen molar-refractivity contribution >= 4 is 67.2 Å². The number of nitrogens with one attached hydrogen (secondary N) is 1. The third-order valence-electron chi connectivity index (χ3n) is 2.74. The zero-order chi connectivity index (χ0) is 17.1. The van der Waals surface area contributed by atoms with Crippen molar-refractivity contribution in [3.8, 4) is 11.5 Å². The zero-order valence-corrected chi connectivity index (χ0v) is 15.8. The molecule has 1 amide bonds. The summed E-state index contributed by atoms with van der Waals surface area (Å²) in [5.74, 6) is -0.885. The van der Waals surface area contributed by atoms with Crippen LogP contribution in [0, 0.1) is 0 Å². The third kappa shape index (κ3) is 4.17. The number of nitrogens with zero attached hydrogens (tertiary/aromatic N) is 1. The highest BCUT2D eigenvalue weighted by molar-refractivity contribution is 9.11. The van der Waals surface area contributed by atoms with Crippen LogP contribution in [0.15, 0.2) is 38.3 Å². The van der Waals surface area contributed by atoms with E-state index in [1.54, 1.807) is 0 Å². The van der Waals surface area contributed by atoms with Crippen LogP contribution >= 0.6 is 55.1 Å². The van der Waals surface area contributed by atoms with Gasteiger partial charge in [0, 0.05) is 10.6 Å². The minimum Gasteiger partial charge on any atom is -0.506 e. The Hall–Kier alpha value is -1.28. The lowest BCUT2D eigenvalue weighted by molar-refractivity contribution is 0.0955. The molecule has 0 aliphatic carbocycles. The summed E-state index contributed by atoms with van der Waals surface area (Å²) in [5.41, 5.74) is 2.78. The van der Waals surface area contributed by atoms with Crippen LogP contribution in [0.2, 0.25) is 10.0 Å². The fourth-order valence-electron chi connectivity index (χ4n) is 1.61. The Kier molecular flexibility index (Phi) is 5.91. The van der Waals surface area contributed by atoms with E-state index in [1.807, 2.05) is 0 Å². The summed E-state index contributed by atoms with van der Waals surface area (Å²) in [6.45, 7) is 0. The average molecular weight is 483 g/mol. The Labute approximate surface area is 158 Å². The molecule has 0 unspecified atom stereocenters. The maximum atomic E-state index is 12.0. The highest BCUT2D eigenvalue weighted by Crippen LogP contribution is 2.40. The Bertz CT molecular complexity index is 813. The van der Waals surface area contributed by atoms with Gasteiger partial charge in [0.2, 0.25) is 0 Å². The standard InChI is InChI=1S/C14H8Br2Cl2N2O3/c15-9-3-6(12(21)11(16)13(9)22)5-19-20-14(23)8-2-1-7(17)4-10(8)18/h1-5,21-22H,(H,20,23)/b19-5-. The topological polar surface area (TPSA) is 81.9 Å². The maximum Gasteiger partial charge on any atom is 0.272 e. The van der Waals surface area contributed by atoms with E-state index in [-0.39, 0.29) is 32.1 Å². The summed E-state index contributed by atoms with van der Waals surface area (Å²) in [6.07, 6.45) is 1.23. The van der Waals surface area contributed by atoms with Gasteiger partial charge in [-0.2, -0.15) is 5.10 Å². The van der Waals surface area contributed by atoms with Gasteiger partial charge in [-0.15, -0.1) is 0 Å². The molecular weight excluding hydrogens is 475 g/mol. The fraction of sp³-hybridized carbons (Fsp3) is 0. The van der Waals surface area contributed by atoms with E-state index < -0.39 is 5.91 Å². The molecule has 3 N–H and O–H groups in total. The lowest BCUT2D eigenvalue weighted by Gasteiger charge is -2.06. The molecule has 23 heavy (non-hydrogen) atoms. The molecule has 9 heteroatoms. The summed E-state index contributed by atoms with van der Waals surface area (Å²) < 4.78 is 0.469. The van der Waals surface area contributed by atoms with Gasteiger partial charge in [-0.3, -0.25) is 4.79 Å². The first-order chi connectivity index (χ1) is 10.8. The van der Waals surface area contributed by atoms with Gasteiger partial charge in [-0.05, 0) is 56.1 Å². The molecule has 2 aromatic rings. The van der Waals surface area contributed by atoms with Crippen LogP contribution in [0.5, 0.6) is 11.5 Å². The molecule has 0 aliphatic heterocycles. The number of phenolic OH excluding ortho intramolecular Hbond substituents is 2. The van der Waals surface area contributed by atoms with Gasteiger partial charge in [0.15, 0.2) is 0 Å². The van der Waals surface area contributed by atoms with Crippen molar-refractivity contribution in [1.82, 2.24) is 5.43 Å². The van der Waals surface area contributed by atoms with E-state index in [2.05, 4.69) is 42.4 Å². The number of rotatable bonds is 3. The van der Waals surface area contributed by atoms with Crippen LogP contribution in [-0.4, -0.2) is 22.3 Å². The highest BCUT2D eigenvalue weighted by Gasteiger charge is 2.13. The predicted molar refractivity (Wildman–Crippen MR) is 96.7 cm³/mol. The number of hydrazone groups is 1. The Balaban J connectivity index is 2.18. The summed E-state index contributed by atoms with van der Waals surface area (Å²) in [7, 11) is 0. The molecule has 0 aliphatic rings. The molecule has 120 valence electrons. The van der Waals surface area contributed by atoms with E-state index in [9.17, 15) is 15.0 Å². The van der Waals surface area contributed by atoms with Crippen LogP contribution in [0.4, 0.5) is 0 Å². The molecule has 2 aromatic carbocycles. The molecule has 2 rings (SSSR count). The summed E-state index contributed by atoms with van der Waals surface area (Å²) in [4.78, 5) is 12.0. The van der Waals surface area contributed by atoms with Crippen LogP contribution in [0.3, 0.4) is 0 Å². The summed E-state index contributed by atoms with van der Waals surface area (Å²) in [5, 5.41) is 23.9. The summed E-state index contributed by atoms with van der Waals surface area (Å²) >= 11 is 17.9. The van der Waals surface area contributed by atoms with Gasteiger partial charge in [0.1, 0.15) is 16.0 Å². The van der Waals surface area contributed by atoms with E-state index in [0.717, 1.165) is 0 Å². The molecule has 0 aromatic heterocycles. The fourth-order valence-corrected chi connectivity index (χ4v) is 3.26. The third-order valence-corrected chi connectivity index (χ3v) is 4.65. The molecule has 0 saturated heterocycles. The first kappa shape index (κ1) is 18.1. The SMILES string of the molecule is O=C(N/N=C\c1cc(Br)c(O)c(Br)c1O)c1ccc(Cl)cc1Cl. The van der Waals surface area contributed by atoms with Crippen molar-refractivity contribution in [3.63, 3.8) is 0 Å². The number of carbonyl (C=O) groups excluding carboxylic acids is 1. The van der Waals surface area contributed by atoms with Crippen molar-refractivity contribution in [2.24, 2.45) is 5.10 Å². The van der Waals surface area contributed by atoms with E-state index in [1.165, 1.54) is 30.5 Å². The van der Waals surface area contributed by atoms with E-state index >= 15 is 0 Å². The quantitative estimate of drug-likeness (QED) is 0.438. The normalized spacial score (nSPS) is 11.0. The van der Waals surface area contributed by atoms with Crippen molar-refractivity contribution in [1.29, 1.82) is 0 Å². The summed E-state index contributed by atoms with van der Waals surface area (Å²) in [6, 6.07) is 5.90. The number of hydrogen-bond acceptors (Lipinski definition) is 4. The van der Waals surface area contributed by atoms with Crippen molar-refractivity contribution in [3.05, 3.63) is 54.4 Å². The number of halogens is 4. The lowest BCUT2D eigenvalue weighted by Crippen LogP contribution is -2.18. The monoisotopic (exact) mass is 480 g/mol. The number of phenols is 2. The van der Waals surface area contributed by atoms with Crippen LogP contribution in [0.25, 0.3) is 0 Å². The second kappa shape index (κ2) is 7.53. The van der Waals surface area contributed by atoms with E-state index in [0.29, 0.717) is 9.50 Å². The lowest BCUT2D eigenvalue weighted by atomic mass is 10.2. The molecule has 0 saturated carbocycles. The molecule has 0 bridgehead atoms. The number of hydrogen-bond donors (Lipinski definition) is 3. The highest BCUT2D eigenvalue weighted by atomic mass is 79.9. The predicted octanol–water partition coefficient (Wildman–Crippen LogP) is 4.69. The molecule has 0 spiro atoms. The smallest absolute Gasteiger partial charge is 0.272 e.